The number of aromatic nitrogens is 1. The Morgan fingerprint density at radius 2 is 1.70 bits per heavy atom. The van der Waals surface area contributed by atoms with E-state index in [9.17, 15) is 32.7 Å². The predicted molar refractivity (Wildman–Crippen MR) is 131 cm³/mol. The Kier molecular flexibility index (Phi) is 4.83. The third-order valence-corrected chi connectivity index (χ3v) is 11.0. The second-order valence-electron chi connectivity index (χ2n) is 10.1. The Hall–Kier alpha value is -3.05. The van der Waals surface area contributed by atoms with Crippen molar-refractivity contribution >= 4 is 40.6 Å². The van der Waals surface area contributed by atoms with Crippen molar-refractivity contribution in [2.24, 2.45) is 29.6 Å². The van der Waals surface area contributed by atoms with Gasteiger partial charge in [0.2, 0.25) is 11.8 Å². The third kappa shape index (κ3) is 3.16. The summed E-state index contributed by atoms with van der Waals surface area (Å²) in [6, 6.07) is 11.3. The number of nitrogens with one attached hydrogen (secondary N) is 1. The number of rotatable bonds is 2. The Labute approximate surface area is 216 Å². The molecular formula is C26H19F3N2O4S2. The van der Waals surface area contributed by atoms with Crippen molar-refractivity contribution in [2.75, 3.05) is 4.90 Å². The largest absolute Gasteiger partial charge is 0.508 e. The number of phenolic OH excluding ortho intramolecular Hbond substituents is 1. The van der Waals surface area contributed by atoms with Gasteiger partial charge in [-0.2, -0.15) is 13.2 Å². The highest BCUT2D eigenvalue weighted by Crippen LogP contribution is 2.69. The Bertz CT molecular complexity index is 1530. The molecule has 2 aliphatic carbocycles. The van der Waals surface area contributed by atoms with E-state index in [2.05, 4.69) is 4.98 Å². The molecule has 7 atom stereocenters. The number of halogens is 3. The summed E-state index contributed by atoms with van der Waals surface area (Å²) in [7, 11) is 0. The van der Waals surface area contributed by atoms with Crippen LogP contribution < -0.4 is 9.77 Å². The lowest BCUT2D eigenvalue weighted by atomic mass is 9.68. The van der Waals surface area contributed by atoms with Crippen molar-refractivity contribution in [2.45, 2.75) is 28.8 Å². The number of nitrogens with zero attached hydrogens (tertiary/aromatic N) is 1. The van der Waals surface area contributed by atoms with Crippen LogP contribution in [0.2, 0.25) is 0 Å². The number of thioether (sulfide) groups is 1. The molecule has 2 saturated carbocycles. The maximum absolute atomic E-state index is 13.7. The molecule has 0 spiro atoms. The molecule has 1 saturated heterocycles. The van der Waals surface area contributed by atoms with Crippen LogP contribution in [0.15, 0.2) is 58.4 Å². The van der Waals surface area contributed by atoms with E-state index in [1.165, 1.54) is 23.9 Å². The van der Waals surface area contributed by atoms with Crippen LogP contribution in [0.3, 0.4) is 0 Å². The number of alkyl halides is 3. The second kappa shape index (κ2) is 7.73. The number of amides is 2. The van der Waals surface area contributed by atoms with E-state index < -0.39 is 35.4 Å². The quantitative estimate of drug-likeness (QED) is 0.451. The lowest BCUT2D eigenvalue weighted by Gasteiger charge is -2.43. The van der Waals surface area contributed by atoms with Crippen LogP contribution in [-0.2, 0) is 15.8 Å². The molecule has 11 heteroatoms. The van der Waals surface area contributed by atoms with Crippen molar-refractivity contribution in [3.63, 3.8) is 0 Å². The Morgan fingerprint density at radius 3 is 2.43 bits per heavy atom. The summed E-state index contributed by atoms with van der Waals surface area (Å²) in [6.07, 6.45) is -3.95. The number of thiazole rings is 1. The summed E-state index contributed by atoms with van der Waals surface area (Å²) >= 11 is 2.61. The number of benzene rings is 2. The number of carbonyl (C=O) groups excluding carboxylic acids is 2. The smallest absolute Gasteiger partial charge is 0.416 e. The average Bonchev–Trinajstić information content (AvgIpc) is 3.58. The number of aromatic amines is 1. The van der Waals surface area contributed by atoms with Crippen molar-refractivity contribution in [3.8, 4) is 5.75 Å². The van der Waals surface area contributed by atoms with Gasteiger partial charge in [0.05, 0.1) is 28.1 Å². The standard InChI is InChI=1S/C26H19F3N2O4S2/c27-26(28,29)10-4-3-5-11(8-10)31-23(33)18-13-9-14(19(18)24(31)34)20-17(13)16(12-6-1-2-7-15(12)32)21-22(36-20)30-25(35)37-21/h1-8,13-14,16-20,32H,9H2,(H,30,35)/t13?,14?,16-,17?,18?,19?,20?/m1/s1. The molecule has 2 amide bonds. The van der Waals surface area contributed by atoms with E-state index in [1.807, 2.05) is 12.1 Å². The van der Waals surface area contributed by atoms with Gasteiger partial charge in [0.15, 0.2) is 0 Å². The average molecular weight is 545 g/mol. The first-order valence-electron chi connectivity index (χ1n) is 11.9. The molecule has 4 aliphatic rings. The molecule has 1 aromatic heterocycles. The van der Waals surface area contributed by atoms with Crippen molar-refractivity contribution in [1.29, 1.82) is 0 Å². The molecule has 2 N–H and O–H groups in total. The highest BCUT2D eigenvalue weighted by Gasteiger charge is 2.69. The summed E-state index contributed by atoms with van der Waals surface area (Å²) in [6.45, 7) is 0. The van der Waals surface area contributed by atoms with Crippen molar-refractivity contribution in [3.05, 3.63) is 74.2 Å². The number of carbonyl (C=O) groups is 2. The van der Waals surface area contributed by atoms with E-state index in [0.717, 1.165) is 38.3 Å². The summed E-state index contributed by atoms with van der Waals surface area (Å²) in [4.78, 5) is 44.1. The zero-order valence-electron chi connectivity index (χ0n) is 18.9. The minimum absolute atomic E-state index is 0.0602. The minimum atomic E-state index is -4.60. The van der Waals surface area contributed by atoms with Gasteiger partial charge in [0, 0.05) is 21.6 Å². The first kappa shape index (κ1) is 23.1. The van der Waals surface area contributed by atoms with Crippen LogP contribution in [0.25, 0.3) is 0 Å². The van der Waals surface area contributed by atoms with Crippen molar-refractivity contribution in [1.82, 2.24) is 4.98 Å². The molecule has 2 bridgehead atoms. The van der Waals surface area contributed by atoms with Gasteiger partial charge in [-0.3, -0.25) is 19.3 Å². The minimum Gasteiger partial charge on any atom is -0.508 e. The van der Waals surface area contributed by atoms with Gasteiger partial charge in [-0.1, -0.05) is 35.6 Å². The molecule has 2 aliphatic heterocycles. The first-order chi connectivity index (χ1) is 17.6. The molecule has 6 nitrogen and oxygen atoms in total. The molecular weight excluding hydrogens is 525 g/mol. The molecule has 3 heterocycles. The van der Waals surface area contributed by atoms with Gasteiger partial charge in [-0.15, -0.1) is 11.8 Å². The monoisotopic (exact) mass is 544 g/mol. The van der Waals surface area contributed by atoms with E-state index in [-0.39, 0.29) is 45.2 Å². The van der Waals surface area contributed by atoms with Crippen LogP contribution in [0, 0.1) is 29.6 Å². The number of hydrogen-bond acceptors (Lipinski definition) is 6. The van der Waals surface area contributed by atoms with Crippen LogP contribution in [0.5, 0.6) is 5.75 Å². The fourth-order valence-corrected chi connectivity index (χ4v) is 10.1. The number of fused-ring (bicyclic) bond motifs is 9. The predicted octanol–water partition coefficient (Wildman–Crippen LogP) is 4.84. The number of aromatic hydroxyl groups is 1. The lowest BCUT2D eigenvalue weighted by molar-refractivity contribution is -0.137. The van der Waals surface area contributed by atoms with Gasteiger partial charge in [0.1, 0.15) is 5.75 Å². The summed E-state index contributed by atoms with van der Waals surface area (Å²) < 4.78 is 40.0. The maximum atomic E-state index is 13.7. The van der Waals surface area contributed by atoms with Gasteiger partial charge in [-0.25, -0.2) is 0 Å². The SMILES string of the molecule is O=C1C2C3CC(C2C(=O)N1c1cccc(C(F)(F)F)c1)C1C3Sc2[nH]c(=O)sc2[C@@H]1c1ccccc1O. The van der Waals surface area contributed by atoms with Gasteiger partial charge in [-0.05, 0) is 48.4 Å². The molecule has 37 heavy (non-hydrogen) atoms. The second-order valence-corrected chi connectivity index (χ2v) is 12.3. The zero-order chi connectivity index (χ0) is 25.8. The zero-order valence-corrected chi connectivity index (χ0v) is 20.6. The van der Waals surface area contributed by atoms with Gasteiger partial charge in [0.25, 0.3) is 0 Å². The Morgan fingerprint density at radius 1 is 0.973 bits per heavy atom. The molecule has 0 radical (unpaired) electrons. The topological polar surface area (TPSA) is 90.5 Å². The third-order valence-electron chi connectivity index (χ3n) is 8.43. The van der Waals surface area contributed by atoms with Crippen LogP contribution in [-0.4, -0.2) is 27.2 Å². The fraction of sp³-hybridized carbons (Fsp3) is 0.346. The van der Waals surface area contributed by atoms with Gasteiger partial charge >= 0.3 is 11.0 Å². The normalized spacial score (nSPS) is 32.0. The molecule has 6 unspecified atom stereocenters. The number of hydrogen-bond donors (Lipinski definition) is 2. The van der Waals surface area contributed by atoms with E-state index in [1.54, 1.807) is 12.1 Å². The fourth-order valence-electron chi connectivity index (χ4n) is 7.19. The van der Waals surface area contributed by atoms with Crippen LogP contribution in [0.1, 0.15) is 28.3 Å². The molecule has 7 rings (SSSR count). The lowest BCUT2D eigenvalue weighted by Crippen LogP contribution is -2.42. The van der Waals surface area contributed by atoms with E-state index >= 15 is 0 Å². The number of phenols is 1. The summed E-state index contributed by atoms with van der Waals surface area (Å²) in [5.41, 5.74) is -0.303. The molecule has 3 aromatic rings. The molecule has 3 fully saturated rings. The van der Waals surface area contributed by atoms with E-state index in [0.29, 0.717) is 12.0 Å². The van der Waals surface area contributed by atoms with E-state index in [4.69, 9.17) is 0 Å². The van der Waals surface area contributed by atoms with Crippen LogP contribution in [0.4, 0.5) is 18.9 Å². The first-order valence-corrected chi connectivity index (χ1v) is 13.6. The Balaban J connectivity index is 1.31. The molecule has 2 aromatic carbocycles. The number of H-pyrrole nitrogens is 1. The van der Waals surface area contributed by atoms with Crippen molar-refractivity contribution < 1.29 is 27.9 Å². The number of imide groups is 1. The number of para-hydroxylation sites is 1. The summed E-state index contributed by atoms with van der Waals surface area (Å²) in [5.74, 6) is -2.87. The highest BCUT2D eigenvalue weighted by molar-refractivity contribution is 8.00. The maximum Gasteiger partial charge on any atom is 0.416 e. The highest BCUT2D eigenvalue weighted by atomic mass is 32.2. The number of anilines is 1. The van der Waals surface area contributed by atoms with Crippen LogP contribution >= 0.6 is 23.1 Å². The molecule has 190 valence electrons. The van der Waals surface area contributed by atoms with Gasteiger partial charge < -0.3 is 10.1 Å². The summed E-state index contributed by atoms with van der Waals surface area (Å²) in [5, 5.41) is 11.4.